The van der Waals surface area contributed by atoms with Crippen molar-refractivity contribution in [3.63, 3.8) is 0 Å². The van der Waals surface area contributed by atoms with Crippen molar-refractivity contribution in [2.24, 2.45) is 9.98 Å². The molecule has 0 bridgehead atoms. The van der Waals surface area contributed by atoms with Crippen LogP contribution < -0.4 is 14.8 Å². The number of rotatable bonds is 5. The summed E-state index contributed by atoms with van der Waals surface area (Å²) in [6.07, 6.45) is 0.696. The molecular formula is C24H23N3O3S. The number of para-hydroxylation sites is 2. The van der Waals surface area contributed by atoms with E-state index in [1.54, 1.807) is 20.3 Å². The van der Waals surface area contributed by atoms with Gasteiger partial charge in [0.1, 0.15) is 5.84 Å². The highest BCUT2D eigenvalue weighted by molar-refractivity contribution is 7.12. The zero-order valence-electron chi connectivity index (χ0n) is 17.6. The van der Waals surface area contributed by atoms with Crippen molar-refractivity contribution in [3.8, 4) is 11.5 Å². The molecule has 1 aliphatic heterocycles. The van der Waals surface area contributed by atoms with Gasteiger partial charge in [-0.2, -0.15) is 0 Å². The number of thiophene rings is 1. The number of fused-ring (bicyclic) bond motifs is 1. The van der Waals surface area contributed by atoms with Gasteiger partial charge in [-0.3, -0.25) is 9.79 Å². The average molecular weight is 434 g/mol. The highest BCUT2D eigenvalue weighted by atomic mass is 32.1. The predicted octanol–water partition coefficient (Wildman–Crippen LogP) is 5.51. The van der Waals surface area contributed by atoms with Gasteiger partial charge in [0.15, 0.2) is 11.5 Å². The summed E-state index contributed by atoms with van der Waals surface area (Å²) in [5.74, 6) is 1.27. The van der Waals surface area contributed by atoms with E-state index in [1.807, 2.05) is 53.9 Å². The number of amidine groups is 1. The van der Waals surface area contributed by atoms with E-state index >= 15 is 0 Å². The maximum Gasteiger partial charge on any atom is 0.266 e. The molecule has 0 fully saturated rings. The second-order valence-corrected chi connectivity index (χ2v) is 7.87. The van der Waals surface area contributed by atoms with E-state index in [2.05, 4.69) is 12.2 Å². The minimum Gasteiger partial charge on any atom is -0.493 e. The molecule has 0 spiro atoms. The first-order valence-electron chi connectivity index (χ1n) is 9.96. The first-order valence-corrected chi connectivity index (χ1v) is 10.8. The summed E-state index contributed by atoms with van der Waals surface area (Å²) in [6.45, 7) is 2.05. The fourth-order valence-electron chi connectivity index (χ4n) is 3.58. The summed E-state index contributed by atoms with van der Waals surface area (Å²) >= 11 is 1.39. The quantitative estimate of drug-likeness (QED) is 0.577. The number of hydrogen-bond donors (Lipinski definition) is 1. The summed E-state index contributed by atoms with van der Waals surface area (Å²) in [6, 6.07) is 17.1. The molecular weight excluding hydrogens is 410 g/mol. The number of nitrogens with one attached hydrogen (secondary N) is 1. The number of amides is 1. The topological polar surface area (TPSA) is 72.3 Å². The second kappa shape index (κ2) is 9.14. The minimum atomic E-state index is -0.332. The summed E-state index contributed by atoms with van der Waals surface area (Å²) in [7, 11) is 3.21. The molecule has 158 valence electrons. The Morgan fingerprint density at radius 3 is 2.39 bits per heavy atom. The number of nitrogens with zero attached hydrogens (tertiary/aromatic N) is 2. The third-order valence-electron chi connectivity index (χ3n) is 5.08. The van der Waals surface area contributed by atoms with Gasteiger partial charge in [-0.05, 0) is 47.7 Å². The molecule has 6 nitrogen and oxygen atoms in total. The lowest BCUT2D eigenvalue weighted by Crippen LogP contribution is -2.37. The van der Waals surface area contributed by atoms with Crippen molar-refractivity contribution in [1.82, 2.24) is 5.32 Å². The Kier molecular flexibility index (Phi) is 6.13. The summed E-state index contributed by atoms with van der Waals surface area (Å²) in [4.78, 5) is 23.3. The molecule has 1 aromatic heterocycles. The Balaban J connectivity index is 1.85. The van der Waals surface area contributed by atoms with Gasteiger partial charge in [0.2, 0.25) is 0 Å². The van der Waals surface area contributed by atoms with Crippen molar-refractivity contribution >= 4 is 40.2 Å². The van der Waals surface area contributed by atoms with Crippen LogP contribution in [0.25, 0.3) is 0 Å². The van der Waals surface area contributed by atoms with Crippen molar-refractivity contribution in [2.45, 2.75) is 19.3 Å². The van der Waals surface area contributed by atoms with E-state index in [4.69, 9.17) is 19.5 Å². The van der Waals surface area contributed by atoms with Crippen LogP contribution in [-0.2, 0) is 0 Å². The Hall–Kier alpha value is -3.45. The van der Waals surface area contributed by atoms with Crippen molar-refractivity contribution in [2.75, 3.05) is 14.2 Å². The van der Waals surface area contributed by atoms with Gasteiger partial charge in [-0.25, -0.2) is 4.99 Å². The van der Waals surface area contributed by atoms with Crippen molar-refractivity contribution in [3.05, 3.63) is 70.4 Å². The van der Waals surface area contributed by atoms with Gasteiger partial charge < -0.3 is 14.8 Å². The molecule has 0 aliphatic carbocycles. The molecule has 0 saturated heterocycles. The monoisotopic (exact) mass is 433 g/mol. The number of carbonyl (C=O) groups is 1. The second-order valence-electron chi connectivity index (χ2n) is 6.92. The first kappa shape index (κ1) is 20.8. The van der Waals surface area contributed by atoms with Crippen LogP contribution in [0.1, 0.15) is 34.5 Å². The number of benzene rings is 2. The van der Waals surface area contributed by atoms with Crippen LogP contribution in [0.5, 0.6) is 11.5 Å². The third kappa shape index (κ3) is 4.22. The average Bonchev–Trinajstić information content (AvgIpc) is 3.29. The van der Waals surface area contributed by atoms with Gasteiger partial charge >= 0.3 is 0 Å². The molecule has 2 heterocycles. The van der Waals surface area contributed by atoms with E-state index < -0.39 is 0 Å². The maximum atomic E-state index is 12.9. The van der Waals surface area contributed by atoms with Gasteiger partial charge in [-0.15, -0.1) is 11.3 Å². The number of ether oxygens (including phenoxy) is 2. The summed E-state index contributed by atoms with van der Waals surface area (Å²) in [5.41, 5.74) is 3.32. The molecule has 1 amide bonds. The molecule has 2 aromatic carbocycles. The van der Waals surface area contributed by atoms with Gasteiger partial charge in [0.05, 0.1) is 36.4 Å². The normalized spacial score (nSPS) is 15.3. The van der Waals surface area contributed by atoms with Crippen LogP contribution in [0.15, 0.2) is 70.0 Å². The van der Waals surface area contributed by atoms with E-state index in [1.165, 1.54) is 11.3 Å². The molecule has 3 aromatic rings. The SMILES string of the molecule is CCC1=Nc2ccccc2N=C(NC(=O)c2cccs2)C1c1ccc(OC)c(OC)c1. The first-order chi connectivity index (χ1) is 15.1. The Morgan fingerprint density at radius 2 is 1.74 bits per heavy atom. The zero-order valence-corrected chi connectivity index (χ0v) is 18.4. The standard InChI is InChI=1S/C24H23N3O3S/c1-4-16-22(15-11-12-19(29-2)20(14-15)30-3)23(27-24(28)21-10-7-13-31-21)26-18-9-6-5-8-17(18)25-16/h5-14,22H,4H2,1-3H3,(H,26,27,28). The molecule has 0 saturated carbocycles. The number of aliphatic imine (C=N–C) groups is 2. The molecule has 1 N–H and O–H groups in total. The summed E-state index contributed by atoms with van der Waals surface area (Å²) < 4.78 is 10.9. The van der Waals surface area contributed by atoms with Crippen molar-refractivity contribution in [1.29, 1.82) is 0 Å². The fraction of sp³-hybridized carbons (Fsp3) is 0.208. The smallest absolute Gasteiger partial charge is 0.266 e. The van der Waals surface area contributed by atoms with Crippen LogP contribution in [0.2, 0.25) is 0 Å². The summed E-state index contributed by atoms with van der Waals surface area (Å²) in [5, 5.41) is 4.93. The lowest BCUT2D eigenvalue weighted by molar-refractivity contribution is 0.0980. The van der Waals surface area contributed by atoms with E-state index in [0.717, 1.165) is 22.6 Å². The van der Waals surface area contributed by atoms with Crippen LogP contribution in [0.3, 0.4) is 0 Å². The Bertz CT molecular complexity index is 1150. The highest BCUT2D eigenvalue weighted by Gasteiger charge is 2.29. The molecule has 0 radical (unpaired) electrons. The minimum absolute atomic E-state index is 0.186. The number of methoxy groups -OCH3 is 2. The maximum absolute atomic E-state index is 12.9. The predicted molar refractivity (Wildman–Crippen MR) is 125 cm³/mol. The molecule has 31 heavy (non-hydrogen) atoms. The molecule has 4 rings (SSSR count). The fourth-order valence-corrected chi connectivity index (χ4v) is 4.20. The molecule has 1 unspecified atom stereocenters. The molecule has 1 aliphatic rings. The van der Waals surface area contributed by atoms with Crippen LogP contribution in [-0.4, -0.2) is 31.7 Å². The van der Waals surface area contributed by atoms with Crippen molar-refractivity contribution < 1.29 is 14.3 Å². The Labute approximate surface area is 185 Å². The third-order valence-corrected chi connectivity index (χ3v) is 5.95. The number of carbonyl (C=O) groups excluding carboxylic acids is 1. The molecule has 7 heteroatoms. The van der Waals surface area contributed by atoms with Gasteiger partial charge in [-0.1, -0.05) is 31.2 Å². The van der Waals surface area contributed by atoms with Crippen LogP contribution in [0, 0.1) is 0 Å². The van der Waals surface area contributed by atoms with Crippen LogP contribution >= 0.6 is 11.3 Å². The zero-order chi connectivity index (χ0) is 21.8. The highest BCUT2D eigenvalue weighted by Crippen LogP contribution is 2.37. The molecule has 1 atom stereocenters. The van der Waals surface area contributed by atoms with Crippen LogP contribution in [0.4, 0.5) is 11.4 Å². The van der Waals surface area contributed by atoms with E-state index in [0.29, 0.717) is 28.6 Å². The largest absolute Gasteiger partial charge is 0.493 e. The number of hydrogen-bond acceptors (Lipinski definition) is 6. The lowest BCUT2D eigenvalue weighted by atomic mass is 9.90. The van der Waals surface area contributed by atoms with Gasteiger partial charge in [0.25, 0.3) is 5.91 Å². The van der Waals surface area contributed by atoms with Gasteiger partial charge in [0, 0.05) is 5.71 Å². The Morgan fingerprint density at radius 1 is 1.00 bits per heavy atom. The lowest BCUT2D eigenvalue weighted by Gasteiger charge is -2.21. The van der Waals surface area contributed by atoms with E-state index in [-0.39, 0.29) is 11.8 Å². The van der Waals surface area contributed by atoms with E-state index in [9.17, 15) is 4.79 Å².